The minimum absolute atomic E-state index is 0.576. The van der Waals surface area contributed by atoms with Crippen molar-refractivity contribution in [3.05, 3.63) is 54.9 Å². The lowest BCUT2D eigenvalue weighted by molar-refractivity contribution is 0.0745. The van der Waals surface area contributed by atoms with E-state index in [4.69, 9.17) is 4.74 Å². The van der Waals surface area contributed by atoms with Crippen LogP contribution in [-0.2, 0) is 14.7 Å². The molecule has 1 aliphatic heterocycles. The molecular formula is C15H17N3O2S. The highest BCUT2D eigenvalue weighted by atomic mass is 32.2. The molecule has 1 aliphatic rings. The van der Waals surface area contributed by atoms with Crippen LogP contribution in [0.2, 0.25) is 0 Å². The van der Waals surface area contributed by atoms with Gasteiger partial charge in [-0.15, -0.1) is 0 Å². The van der Waals surface area contributed by atoms with Crippen molar-refractivity contribution in [3.63, 3.8) is 0 Å². The Labute approximate surface area is 124 Å². The van der Waals surface area contributed by atoms with Crippen LogP contribution in [0.25, 0.3) is 0 Å². The molecule has 5 nitrogen and oxygen atoms in total. The second-order valence-electron chi connectivity index (χ2n) is 4.65. The summed E-state index contributed by atoms with van der Waals surface area (Å²) in [6.45, 7) is 2.37. The van der Waals surface area contributed by atoms with Crippen molar-refractivity contribution in [2.45, 2.75) is 4.90 Å². The van der Waals surface area contributed by atoms with Gasteiger partial charge in [0.2, 0.25) is 0 Å². The maximum atomic E-state index is 13.6. The summed E-state index contributed by atoms with van der Waals surface area (Å²) >= 11 is 0. The van der Waals surface area contributed by atoms with Gasteiger partial charge >= 0.3 is 0 Å². The molecule has 0 radical (unpaired) electrons. The summed E-state index contributed by atoms with van der Waals surface area (Å²) in [5.74, 6) is 0. The third-order valence-corrected chi connectivity index (χ3v) is 5.65. The fourth-order valence-corrected chi connectivity index (χ4v) is 4.27. The number of hydrogen-bond acceptors (Lipinski definition) is 4. The first-order valence-corrected chi connectivity index (χ1v) is 8.31. The van der Waals surface area contributed by atoms with Crippen molar-refractivity contribution in [2.24, 2.45) is 4.36 Å². The summed E-state index contributed by atoms with van der Waals surface area (Å²) in [7, 11) is -2.68. The summed E-state index contributed by atoms with van der Waals surface area (Å²) in [5, 5.41) is 0. The SMILES string of the molecule is O=S(=Nc1cccnc1)(c1ccccc1)N1CCOCC1. The largest absolute Gasteiger partial charge is 0.379 e. The number of benzene rings is 1. The lowest BCUT2D eigenvalue weighted by atomic mass is 10.4. The van der Waals surface area contributed by atoms with E-state index in [0.29, 0.717) is 32.0 Å². The van der Waals surface area contributed by atoms with E-state index in [1.165, 1.54) is 0 Å². The quantitative estimate of drug-likeness (QED) is 0.875. The molecule has 0 aliphatic carbocycles. The minimum atomic E-state index is -2.68. The van der Waals surface area contributed by atoms with Crippen LogP contribution in [0.5, 0.6) is 0 Å². The van der Waals surface area contributed by atoms with Crippen molar-refractivity contribution in [1.82, 2.24) is 9.29 Å². The summed E-state index contributed by atoms with van der Waals surface area (Å²) in [6.07, 6.45) is 3.31. The number of rotatable bonds is 3. The van der Waals surface area contributed by atoms with Crippen LogP contribution in [-0.4, -0.2) is 39.8 Å². The molecule has 1 aromatic carbocycles. The number of ether oxygens (including phenoxy) is 1. The zero-order chi connectivity index (χ0) is 14.5. The minimum Gasteiger partial charge on any atom is -0.379 e. The standard InChI is InChI=1S/C15H17N3O2S/c19-21(15-6-2-1-3-7-15,18-9-11-20-12-10-18)17-14-5-4-8-16-13-14/h1-8,13H,9-12H2. The third kappa shape index (κ3) is 3.12. The van der Waals surface area contributed by atoms with E-state index in [-0.39, 0.29) is 0 Å². The maximum absolute atomic E-state index is 13.6. The van der Waals surface area contributed by atoms with Gasteiger partial charge in [0.25, 0.3) is 0 Å². The lowest BCUT2D eigenvalue weighted by Crippen LogP contribution is -2.40. The van der Waals surface area contributed by atoms with Gasteiger partial charge in [-0.2, -0.15) is 4.36 Å². The Kier molecular flexibility index (Phi) is 4.28. The van der Waals surface area contributed by atoms with Gasteiger partial charge in [0.15, 0.2) is 0 Å². The number of morpholine rings is 1. The van der Waals surface area contributed by atoms with Crippen LogP contribution in [0.3, 0.4) is 0 Å². The van der Waals surface area contributed by atoms with Gasteiger partial charge in [-0.05, 0) is 24.3 Å². The first-order valence-electron chi connectivity index (χ1n) is 6.84. The van der Waals surface area contributed by atoms with Crippen LogP contribution in [0.1, 0.15) is 0 Å². The highest BCUT2D eigenvalue weighted by Gasteiger charge is 2.24. The molecule has 1 unspecified atom stereocenters. The molecule has 21 heavy (non-hydrogen) atoms. The van der Waals surface area contributed by atoms with Crippen molar-refractivity contribution in [3.8, 4) is 0 Å². The lowest BCUT2D eigenvalue weighted by Gasteiger charge is -2.29. The molecule has 3 rings (SSSR count). The molecule has 0 spiro atoms. The van der Waals surface area contributed by atoms with Gasteiger partial charge < -0.3 is 4.74 Å². The molecule has 6 heteroatoms. The predicted molar refractivity (Wildman–Crippen MR) is 81.6 cm³/mol. The van der Waals surface area contributed by atoms with Crippen LogP contribution in [0.4, 0.5) is 5.69 Å². The van der Waals surface area contributed by atoms with E-state index in [9.17, 15) is 4.21 Å². The van der Waals surface area contributed by atoms with Crippen molar-refractivity contribution in [1.29, 1.82) is 0 Å². The fraction of sp³-hybridized carbons (Fsp3) is 0.267. The molecule has 1 saturated heterocycles. The Bertz CT molecular complexity index is 691. The molecule has 1 fully saturated rings. The first-order chi connectivity index (χ1) is 10.3. The average molecular weight is 303 g/mol. The predicted octanol–water partition coefficient (Wildman–Crippen LogP) is 2.49. The second-order valence-corrected chi connectivity index (χ2v) is 6.82. The van der Waals surface area contributed by atoms with Crippen molar-refractivity contribution < 1.29 is 8.95 Å². The van der Waals surface area contributed by atoms with Gasteiger partial charge in [-0.1, -0.05) is 18.2 Å². The molecule has 0 saturated carbocycles. The number of hydrogen-bond donors (Lipinski definition) is 0. The second kappa shape index (κ2) is 6.34. The smallest absolute Gasteiger partial charge is 0.144 e. The average Bonchev–Trinajstić information content (AvgIpc) is 2.57. The maximum Gasteiger partial charge on any atom is 0.144 e. The molecule has 2 heterocycles. The van der Waals surface area contributed by atoms with Crippen LogP contribution in [0.15, 0.2) is 64.1 Å². The monoisotopic (exact) mass is 303 g/mol. The Morgan fingerprint density at radius 1 is 1.10 bits per heavy atom. The third-order valence-electron chi connectivity index (χ3n) is 3.25. The summed E-state index contributed by atoms with van der Waals surface area (Å²) in [5.41, 5.74) is 0.623. The van der Waals surface area contributed by atoms with Gasteiger partial charge in [-0.3, -0.25) is 4.98 Å². The van der Waals surface area contributed by atoms with Crippen LogP contribution in [0, 0.1) is 0 Å². The molecule has 0 N–H and O–H groups in total. The number of nitrogens with zero attached hydrogens (tertiary/aromatic N) is 3. The zero-order valence-electron chi connectivity index (χ0n) is 11.6. The Hall–Kier alpha value is -1.76. The molecule has 2 aromatic rings. The Morgan fingerprint density at radius 2 is 1.86 bits per heavy atom. The summed E-state index contributed by atoms with van der Waals surface area (Å²) in [4.78, 5) is 4.76. The van der Waals surface area contributed by atoms with E-state index in [1.807, 2.05) is 40.7 Å². The van der Waals surface area contributed by atoms with Crippen LogP contribution < -0.4 is 0 Å². The van der Waals surface area contributed by atoms with Gasteiger partial charge in [0.1, 0.15) is 9.92 Å². The highest BCUT2D eigenvalue weighted by molar-refractivity contribution is 7.91. The Morgan fingerprint density at radius 3 is 2.52 bits per heavy atom. The molecule has 0 amide bonds. The van der Waals surface area contributed by atoms with E-state index < -0.39 is 9.92 Å². The summed E-state index contributed by atoms with van der Waals surface area (Å²) in [6, 6.07) is 13.0. The number of aromatic nitrogens is 1. The van der Waals surface area contributed by atoms with E-state index in [2.05, 4.69) is 9.35 Å². The van der Waals surface area contributed by atoms with Gasteiger partial charge in [-0.25, -0.2) is 8.51 Å². The topological polar surface area (TPSA) is 54.8 Å². The molecule has 110 valence electrons. The molecule has 0 bridgehead atoms. The molecular weight excluding hydrogens is 286 g/mol. The summed E-state index contributed by atoms with van der Waals surface area (Å²) < 4.78 is 25.4. The Balaban J connectivity index is 2.11. The highest BCUT2D eigenvalue weighted by Crippen LogP contribution is 2.24. The van der Waals surface area contributed by atoms with E-state index in [0.717, 1.165) is 4.90 Å². The van der Waals surface area contributed by atoms with Crippen molar-refractivity contribution >= 4 is 15.6 Å². The van der Waals surface area contributed by atoms with Crippen molar-refractivity contribution in [2.75, 3.05) is 26.3 Å². The van der Waals surface area contributed by atoms with Gasteiger partial charge in [0.05, 0.1) is 30.0 Å². The first kappa shape index (κ1) is 14.2. The normalized spacial score (nSPS) is 18.9. The van der Waals surface area contributed by atoms with E-state index in [1.54, 1.807) is 18.5 Å². The number of pyridine rings is 1. The zero-order valence-corrected chi connectivity index (χ0v) is 12.4. The van der Waals surface area contributed by atoms with Gasteiger partial charge in [0, 0.05) is 19.3 Å². The van der Waals surface area contributed by atoms with Crippen LogP contribution >= 0.6 is 0 Å². The molecule has 1 aromatic heterocycles. The molecule has 1 atom stereocenters. The van der Waals surface area contributed by atoms with E-state index >= 15 is 0 Å². The fourth-order valence-electron chi connectivity index (χ4n) is 2.20.